The molecule has 2 saturated heterocycles. The summed E-state index contributed by atoms with van der Waals surface area (Å²) in [5.41, 5.74) is 1.06. The van der Waals surface area contributed by atoms with E-state index in [1.165, 1.54) is 12.8 Å². The summed E-state index contributed by atoms with van der Waals surface area (Å²) >= 11 is 0. The fourth-order valence-electron chi connectivity index (χ4n) is 4.82. The Bertz CT molecular complexity index is 723. The number of likely N-dealkylation sites (tertiary alicyclic amines) is 2. The van der Waals surface area contributed by atoms with Gasteiger partial charge in [0.2, 0.25) is 5.91 Å². The van der Waals surface area contributed by atoms with Crippen molar-refractivity contribution >= 4 is 5.91 Å². The van der Waals surface area contributed by atoms with E-state index in [1.807, 2.05) is 9.47 Å². The van der Waals surface area contributed by atoms with E-state index >= 15 is 0 Å². The van der Waals surface area contributed by atoms with E-state index in [4.69, 9.17) is 4.98 Å². The summed E-state index contributed by atoms with van der Waals surface area (Å²) in [6, 6.07) is 1.76. The molecule has 148 valence electrons. The molecule has 1 aromatic rings. The van der Waals surface area contributed by atoms with Gasteiger partial charge in [0, 0.05) is 44.6 Å². The number of hydrogen-bond acceptors (Lipinski definition) is 4. The minimum atomic E-state index is 0.110. The van der Waals surface area contributed by atoms with Crippen LogP contribution in [0, 0.1) is 0 Å². The number of hydrogen-bond donors (Lipinski definition) is 0. The number of rotatable bonds is 3. The van der Waals surface area contributed by atoms with E-state index in [1.54, 1.807) is 6.07 Å². The van der Waals surface area contributed by atoms with Gasteiger partial charge in [0.1, 0.15) is 5.82 Å². The summed E-state index contributed by atoms with van der Waals surface area (Å²) in [5, 5.41) is 0. The second kappa shape index (κ2) is 8.55. The normalized spacial score (nSPS) is 24.3. The maximum atomic E-state index is 12.6. The molecular weight excluding hydrogens is 340 g/mol. The minimum Gasteiger partial charge on any atom is -0.342 e. The quantitative estimate of drug-likeness (QED) is 0.816. The Hall–Kier alpha value is -1.69. The van der Waals surface area contributed by atoms with Crippen molar-refractivity contribution in [1.29, 1.82) is 0 Å². The first kappa shape index (κ1) is 18.7. The van der Waals surface area contributed by atoms with Crippen molar-refractivity contribution in [2.24, 2.45) is 0 Å². The zero-order chi connectivity index (χ0) is 18.6. The Labute approximate surface area is 161 Å². The molecule has 0 bridgehead atoms. The van der Waals surface area contributed by atoms with Gasteiger partial charge in [-0.25, -0.2) is 4.98 Å². The third-order valence-corrected chi connectivity index (χ3v) is 6.38. The molecule has 0 spiro atoms. The molecule has 6 nitrogen and oxygen atoms in total. The Morgan fingerprint density at radius 2 is 1.78 bits per heavy atom. The van der Waals surface area contributed by atoms with Gasteiger partial charge < -0.3 is 4.90 Å². The van der Waals surface area contributed by atoms with Gasteiger partial charge in [-0.3, -0.25) is 19.1 Å². The molecule has 3 aliphatic rings. The number of amides is 1. The van der Waals surface area contributed by atoms with Crippen molar-refractivity contribution < 1.29 is 4.79 Å². The average Bonchev–Trinajstić information content (AvgIpc) is 2.95. The minimum absolute atomic E-state index is 0.110. The molecule has 0 radical (unpaired) electrons. The van der Waals surface area contributed by atoms with Crippen LogP contribution in [-0.4, -0.2) is 58.0 Å². The fraction of sp³-hybridized carbons (Fsp3) is 0.762. The first-order valence-corrected chi connectivity index (χ1v) is 10.8. The van der Waals surface area contributed by atoms with E-state index in [9.17, 15) is 9.59 Å². The summed E-state index contributed by atoms with van der Waals surface area (Å²) in [5.74, 6) is 1.51. The molecule has 1 atom stereocenters. The highest BCUT2D eigenvalue weighted by molar-refractivity contribution is 5.78. The lowest BCUT2D eigenvalue weighted by atomic mass is 9.94. The molecular formula is C21H32N4O2. The number of nitrogens with zero attached hydrogens (tertiary/aromatic N) is 4. The first-order chi connectivity index (χ1) is 13.2. The first-order valence-electron chi connectivity index (χ1n) is 10.8. The second-order valence-corrected chi connectivity index (χ2v) is 8.41. The molecule has 0 saturated carbocycles. The monoisotopic (exact) mass is 372 g/mol. The number of aromatic nitrogens is 2. The van der Waals surface area contributed by atoms with Crippen LogP contribution < -0.4 is 5.56 Å². The molecule has 1 amide bonds. The molecule has 6 heteroatoms. The predicted octanol–water partition coefficient (Wildman–Crippen LogP) is 2.16. The number of aryl methyl sites for hydroxylation is 1. The van der Waals surface area contributed by atoms with Crippen molar-refractivity contribution in [1.82, 2.24) is 19.4 Å². The van der Waals surface area contributed by atoms with E-state index in [2.05, 4.69) is 4.90 Å². The molecule has 2 fully saturated rings. The molecule has 1 aromatic heterocycles. The molecule has 1 unspecified atom stereocenters. The average molecular weight is 373 g/mol. The van der Waals surface area contributed by atoms with Gasteiger partial charge in [-0.15, -0.1) is 0 Å². The van der Waals surface area contributed by atoms with Crippen LogP contribution >= 0.6 is 0 Å². The summed E-state index contributed by atoms with van der Waals surface area (Å²) in [4.78, 5) is 34.4. The Morgan fingerprint density at radius 3 is 2.63 bits per heavy atom. The molecule has 0 aliphatic carbocycles. The van der Waals surface area contributed by atoms with Gasteiger partial charge in [0.15, 0.2) is 0 Å². The number of piperidine rings is 2. The van der Waals surface area contributed by atoms with Crippen LogP contribution in [0.1, 0.15) is 68.8 Å². The maximum absolute atomic E-state index is 12.6. The van der Waals surface area contributed by atoms with Crippen LogP contribution in [0.25, 0.3) is 0 Å². The van der Waals surface area contributed by atoms with Crippen LogP contribution in [0.3, 0.4) is 0 Å². The highest BCUT2D eigenvalue weighted by atomic mass is 16.2. The third kappa shape index (κ3) is 4.42. The van der Waals surface area contributed by atoms with Crippen molar-refractivity contribution in [2.75, 3.05) is 32.7 Å². The number of carbonyl (C=O) groups is 1. The van der Waals surface area contributed by atoms with Crippen LogP contribution in [0.15, 0.2) is 10.9 Å². The zero-order valence-electron chi connectivity index (χ0n) is 16.4. The lowest BCUT2D eigenvalue weighted by Crippen LogP contribution is -2.45. The topological polar surface area (TPSA) is 58.4 Å². The van der Waals surface area contributed by atoms with Crippen molar-refractivity contribution in [2.45, 2.75) is 70.3 Å². The van der Waals surface area contributed by atoms with E-state index in [-0.39, 0.29) is 17.4 Å². The highest BCUT2D eigenvalue weighted by Gasteiger charge is 2.27. The second-order valence-electron chi connectivity index (χ2n) is 8.41. The van der Waals surface area contributed by atoms with Crippen LogP contribution in [-0.2, 0) is 17.8 Å². The van der Waals surface area contributed by atoms with Gasteiger partial charge in [0.05, 0.1) is 12.2 Å². The van der Waals surface area contributed by atoms with Crippen molar-refractivity contribution in [3.05, 3.63) is 27.9 Å². The molecule has 4 rings (SSSR count). The van der Waals surface area contributed by atoms with Crippen molar-refractivity contribution in [3.63, 3.8) is 0 Å². The summed E-state index contributed by atoms with van der Waals surface area (Å²) in [7, 11) is 0. The van der Waals surface area contributed by atoms with E-state index < -0.39 is 0 Å². The standard InChI is InChI=1S/C21H32N4O2/c26-20-14-18(22-19-9-3-1-6-13-25(19)20)17-8-7-10-23(15-17)16-21(27)24-11-4-2-5-12-24/h14,17H,1-13,15-16H2. The van der Waals surface area contributed by atoms with Crippen molar-refractivity contribution in [3.8, 4) is 0 Å². The van der Waals surface area contributed by atoms with Gasteiger partial charge in [-0.1, -0.05) is 6.42 Å². The Kier molecular flexibility index (Phi) is 5.91. The lowest BCUT2D eigenvalue weighted by molar-refractivity contribution is -0.133. The molecule has 3 aliphatic heterocycles. The fourth-order valence-corrected chi connectivity index (χ4v) is 4.82. The summed E-state index contributed by atoms with van der Waals surface area (Å²) < 4.78 is 1.87. The molecule has 0 aromatic carbocycles. The Morgan fingerprint density at radius 1 is 1.00 bits per heavy atom. The number of fused-ring (bicyclic) bond motifs is 1. The third-order valence-electron chi connectivity index (χ3n) is 6.38. The highest BCUT2D eigenvalue weighted by Crippen LogP contribution is 2.26. The van der Waals surface area contributed by atoms with Crippen LogP contribution in [0.2, 0.25) is 0 Å². The summed E-state index contributed by atoms with van der Waals surface area (Å²) in [6.45, 7) is 4.97. The van der Waals surface area contributed by atoms with E-state index in [0.29, 0.717) is 6.54 Å². The van der Waals surface area contributed by atoms with Gasteiger partial charge in [0.25, 0.3) is 5.56 Å². The van der Waals surface area contributed by atoms with Crippen LogP contribution in [0.5, 0.6) is 0 Å². The van der Waals surface area contributed by atoms with Gasteiger partial charge >= 0.3 is 0 Å². The van der Waals surface area contributed by atoms with Gasteiger partial charge in [-0.05, 0) is 51.5 Å². The maximum Gasteiger partial charge on any atom is 0.253 e. The van der Waals surface area contributed by atoms with Crippen LogP contribution in [0.4, 0.5) is 0 Å². The summed E-state index contributed by atoms with van der Waals surface area (Å²) in [6.07, 6.45) is 9.92. The Balaban J connectivity index is 1.43. The predicted molar refractivity (Wildman–Crippen MR) is 105 cm³/mol. The zero-order valence-corrected chi connectivity index (χ0v) is 16.4. The lowest BCUT2D eigenvalue weighted by Gasteiger charge is -2.34. The van der Waals surface area contributed by atoms with Gasteiger partial charge in [-0.2, -0.15) is 0 Å². The number of carbonyl (C=O) groups excluding carboxylic acids is 1. The molecule has 0 N–H and O–H groups in total. The largest absolute Gasteiger partial charge is 0.342 e. The molecule has 4 heterocycles. The van der Waals surface area contributed by atoms with E-state index in [0.717, 1.165) is 89.2 Å². The smallest absolute Gasteiger partial charge is 0.253 e. The molecule has 27 heavy (non-hydrogen) atoms. The SMILES string of the molecule is O=C(CN1CCCC(c2cc(=O)n3c(n2)CCCCC3)C1)N1CCCCC1.